The van der Waals surface area contributed by atoms with Gasteiger partial charge in [0.05, 0.1) is 18.8 Å². The highest BCUT2D eigenvalue weighted by atomic mass is 16.5. The van der Waals surface area contributed by atoms with Gasteiger partial charge in [0.25, 0.3) is 0 Å². The summed E-state index contributed by atoms with van der Waals surface area (Å²) in [5.74, 6) is 0.435. The first-order valence-electron chi connectivity index (χ1n) is 5.06. The van der Waals surface area contributed by atoms with Crippen LogP contribution in [0, 0.1) is 5.92 Å². The molecule has 0 aromatic heterocycles. The van der Waals surface area contributed by atoms with E-state index in [2.05, 4.69) is 19.2 Å². The summed E-state index contributed by atoms with van der Waals surface area (Å²) < 4.78 is 10.2. The Bertz CT molecular complexity index is 142. The van der Waals surface area contributed by atoms with E-state index in [1.54, 1.807) is 14.2 Å². The lowest BCUT2D eigenvalue weighted by Gasteiger charge is -2.37. The molecule has 0 aliphatic rings. The number of hydrogen-bond acceptors (Lipinski definition) is 4. The minimum absolute atomic E-state index is 0.132. The molecular weight excluding hydrogens is 180 g/mol. The van der Waals surface area contributed by atoms with Gasteiger partial charge < -0.3 is 20.5 Å². The second-order valence-electron chi connectivity index (χ2n) is 3.87. The van der Waals surface area contributed by atoms with E-state index in [1.807, 2.05) is 0 Å². The van der Waals surface area contributed by atoms with Crippen molar-refractivity contribution in [3.8, 4) is 0 Å². The minimum atomic E-state index is -0.132. The van der Waals surface area contributed by atoms with Crippen molar-refractivity contribution in [1.29, 1.82) is 0 Å². The van der Waals surface area contributed by atoms with Crippen molar-refractivity contribution in [2.45, 2.75) is 19.4 Å². The SMILES string of the molecule is COCCNC(CN)(COC)C(C)C. The standard InChI is InChI=1S/C10H24N2O2/c1-9(2)10(7-11,8-14-4)12-5-6-13-3/h9,12H,5-8,11H2,1-4H3. The van der Waals surface area contributed by atoms with Gasteiger partial charge in [-0.15, -0.1) is 0 Å². The molecule has 14 heavy (non-hydrogen) atoms. The first kappa shape index (κ1) is 13.8. The Labute approximate surface area is 87.1 Å². The molecule has 0 rings (SSSR count). The highest BCUT2D eigenvalue weighted by Gasteiger charge is 2.31. The van der Waals surface area contributed by atoms with Crippen LogP contribution in [0.3, 0.4) is 0 Å². The molecule has 0 spiro atoms. The Hall–Kier alpha value is -0.160. The summed E-state index contributed by atoms with van der Waals surface area (Å²) in [5.41, 5.74) is 5.66. The Kier molecular flexibility index (Phi) is 7.09. The van der Waals surface area contributed by atoms with Crippen molar-refractivity contribution < 1.29 is 9.47 Å². The number of nitrogens with two attached hydrogens (primary N) is 1. The maximum absolute atomic E-state index is 5.79. The Morgan fingerprint density at radius 1 is 1.29 bits per heavy atom. The monoisotopic (exact) mass is 204 g/mol. The van der Waals surface area contributed by atoms with Gasteiger partial charge in [-0.1, -0.05) is 13.8 Å². The second-order valence-corrected chi connectivity index (χ2v) is 3.87. The van der Waals surface area contributed by atoms with Crippen LogP contribution in [0.15, 0.2) is 0 Å². The van der Waals surface area contributed by atoms with Crippen molar-refractivity contribution in [1.82, 2.24) is 5.32 Å². The summed E-state index contributed by atoms with van der Waals surface area (Å²) in [4.78, 5) is 0. The van der Waals surface area contributed by atoms with Gasteiger partial charge in [-0.25, -0.2) is 0 Å². The van der Waals surface area contributed by atoms with Crippen molar-refractivity contribution in [3.63, 3.8) is 0 Å². The van der Waals surface area contributed by atoms with Crippen LogP contribution in [0.5, 0.6) is 0 Å². The molecule has 1 atom stereocenters. The largest absolute Gasteiger partial charge is 0.383 e. The smallest absolute Gasteiger partial charge is 0.0659 e. The van der Waals surface area contributed by atoms with Crippen LogP contribution in [0.1, 0.15) is 13.8 Å². The summed E-state index contributed by atoms with van der Waals surface area (Å²) in [6.45, 7) is 6.98. The van der Waals surface area contributed by atoms with Gasteiger partial charge in [0.2, 0.25) is 0 Å². The first-order valence-corrected chi connectivity index (χ1v) is 5.06. The van der Waals surface area contributed by atoms with Crippen LogP contribution in [-0.4, -0.2) is 46.1 Å². The maximum Gasteiger partial charge on any atom is 0.0659 e. The zero-order valence-electron chi connectivity index (χ0n) is 9.80. The predicted octanol–water partition coefficient (Wildman–Crippen LogP) is 0.222. The van der Waals surface area contributed by atoms with E-state index in [0.29, 0.717) is 25.7 Å². The zero-order valence-corrected chi connectivity index (χ0v) is 9.80. The van der Waals surface area contributed by atoms with E-state index >= 15 is 0 Å². The normalized spacial score (nSPS) is 15.9. The topological polar surface area (TPSA) is 56.5 Å². The summed E-state index contributed by atoms with van der Waals surface area (Å²) in [6.07, 6.45) is 0. The minimum Gasteiger partial charge on any atom is -0.383 e. The predicted molar refractivity (Wildman–Crippen MR) is 58.4 cm³/mol. The van der Waals surface area contributed by atoms with Crippen molar-refractivity contribution >= 4 is 0 Å². The molecule has 0 aromatic rings. The first-order chi connectivity index (χ1) is 6.63. The van der Waals surface area contributed by atoms with Gasteiger partial charge in [0.1, 0.15) is 0 Å². The molecule has 0 aliphatic heterocycles. The Balaban J connectivity index is 4.19. The molecule has 4 heteroatoms. The molecule has 0 aliphatic carbocycles. The van der Waals surface area contributed by atoms with Gasteiger partial charge in [0.15, 0.2) is 0 Å². The van der Waals surface area contributed by atoms with Crippen molar-refractivity contribution in [3.05, 3.63) is 0 Å². The molecule has 0 fully saturated rings. The summed E-state index contributed by atoms with van der Waals surface area (Å²) in [6, 6.07) is 0. The number of ether oxygens (including phenoxy) is 2. The van der Waals surface area contributed by atoms with Gasteiger partial charge in [-0.3, -0.25) is 0 Å². The van der Waals surface area contributed by atoms with Crippen LogP contribution in [0.25, 0.3) is 0 Å². The molecule has 0 radical (unpaired) electrons. The van der Waals surface area contributed by atoms with Crippen LogP contribution < -0.4 is 11.1 Å². The molecule has 86 valence electrons. The molecule has 4 nitrogen and oxygen atoms in total. The Morgan fingerprint density at radius 2 is 1.93 bits per heavy atom. The molecule has 0 saturated carbocycles. The molecular formula is C10H24N2O2. The number of methoxy groups -OCH3 is 2. The van der Waals surface area contributed by atoms with Crippen molar-refractivity contribution in [2.24, 2.45) is 11.7 Å². The van der Waals surface area contributed by atoms with E-state index in [-0.39, 0.29) is 5.54 Å². The molecule has 0 heterocycles. The Morgan fingerprint density at radius 3 is 2.29 bits per heavy atom. The fourth-order valence-corrected chi connectivity index (χ4v) is 1.45. The molecule has 3 N–H and O–H groups in total. The van der Waals surface area contributed by atoms with Crippen LogP contribution in [0.4, 0.5) is 0 Å². The lowest BCUT2D eigenvalue weighted by atomic mass is 9.87. The molecule has 1 unspecified atom stereocenters. The summed E-state index contributed by atoms with van der Waals surface area (Å²) >= 11 is 0. The molecule has 0 amide bonds. The summed E-state index contributed by atoms with van der Waals surface area (Å²) in [7, 11) is 3.39. The van der Waals surface area contributed by atoms with E-state index in [1.165, 1.54) is 0 Å². The third kappa shape index (κ3) is 3.92. The maximum atomic E-state index is 5.79. The average Bonchev–Trinajstić information content (AvgIpc) is 2.16. The molecule has 0 bridgehead atoms. The highest BCUT2D eigenvalue weighted by Crippen LogP contribution is 2.15. The zero-order chi connectivity index (χ0) is 11.0. The quantitative estimate of drug-likeness (QED) is 0.555. The van der Waals surface area contributed by atoms with Gasteiger partial charge in [0, 0.05) is 27.3 Å². The van der Waals surface area contributed by atoms with E-state index in [4.69, 9.17) is 15.2 Å². The van der Waals surface area contributed by atoms with E-state index < -0.39 is 0 Å². The average molecular weight is 204 g/mol. The number of hydrogen-bond donors (Lipinski definition) is 2. The molecule has 0 saturated heterocycles. The van der Waals surface area contributed by atoms with Gasteiger partial charge >= 0.3 is 0 Å². The van der Waals surface area contributed by atoms with E-state index in [0.717, 1.165) is 6.54 Å². The third-order valence-corrected chi connectivity index (χ3v) is 2.65. The fraction of sp³-hybridized carbons (Fsp3) is 1.00. The van der Waals surface area contributed by atoms with Gasteiger partial charge in [-0.05, 0) is 5.92 Å². The van der Waals surface area contributed by atoms with Crippen LogP contribution in [0.2, 0.25) is 0 Å². The fourth-order valence-electron chi connectivity index (χ4n) is 1.45. The summed E-state index contributed by atoms with van der Waals surface area (Å²) in [5, 5.41) is 3.41. The second kappa shape index (κ2) is 7.17. The number of rotatable bonds is 8. The van der Waals surface area contributed by atoms with Gasteiger partial charge in [-0.2, -0.15) is 0 Å². The van der Waals surface area contributed by atoms with Crippen LogP contribution >= 0.6 is 0 Å². The lowest BCUT2D eigenvalue weighted by molar-refractivity contribution is 0.0758. The van der Waals surface area contributed by atoms with Crippen molar-refractivity contribution in [2.75, 3.05) is 40.5 Å². The number of nitrogens with one attached hydrogen (secondary N) is 1. The van der Waals surface area contributed by atoms with Crippen LogP contribution in [-0.2, 0) is 9.47 Å². The molecule has 0 aromatic carbocycles. The van der Waals surface area contributed by atoms with E-state index in [9.17, 15) is 0 Å². The lowest BCUT2D eigenvalue weighted by Crippen LogP contribution is -2.59. The highest BCUT2D eigenvalue weighted by molar-refractivity contribution is 4.92. The third-order valence-electron chi connectivity index (χ3n) is 2.65.